The van der Waals surface area contributed by atoms with Crippen LogP contribution >= 0.6 is 0 Å². The molecular formula is C12H8N4O2. The molecule has 0 unspecified atom stereocenters. The molecule has 6 nitrogen and oxygen atoms in total. The van der Waals surface area contributed by atoms with Gasteiger partial charge in [-0.1, -0.05) is 12.1 Å². The molecule has 1 N–H and O–H groups in total. The molecule has 6 heteroatoms. The minimum Gasteiger partial charge on any atom is -0.475 e. The van der Waals surface area contributed by atoms with Crippen LogP contribution in [0.3, 0.4) is 0 Å². The number of fused-ring (bicyclic) bond motifs is 1. The van der Waals surface area contributed by atoms with Crippen molar-refractivity contribution >= 4 is 16.9 Å². The molecule has 0 atom stereocenters. The van der Waals surface area contributed by atoms with E-state index in [-0.39, 0.29) is 5.82 Å². The second kappa shape index (κ2) is 3.92. The lowest BCUT2D eigenvalue weighted by molar-refractivity contribution is 0.0684. The third kappa shape index (κ3) is 1.60. The molecule has 0 aliphatic carbocycles. The molecular weight excluding hydrogens is 232 g/mol. The average Bonchev–Trinajstić information content (AvgIpc) is 2.91. The van der Waals surface area contributed by atoms with Crippen LogP contribution in [0.4, 0.5) is 0 Å². The first-order valence-corrected chi connectivity index (χ1v) is 5.26. The van der Waals surface area contributed by atoms with Crippen molar-refractivity contribution in [3.05, 3.63) is 48.5 Å². The molecule has 18 heavy (non-hydrogen) atoms. The molecule has 0 radical (unpaired) electrons. The van der Waals surface area contributed by atoms with Crippen LogP contribution in [0.15, 0.2) is 42.7 Å². The Morgan fingerprint density at radius 3 is 2.72 bits per heavy atom. The van der Waals surface area contributed by atoms with E-state index in [1.807, 2.05) is 12.1 Å². The van der Waals surface area contributed by atoms with Crippen molar-refractivity contribution in [1.29, 1.82) is 0 Å². The van der Waals surface area contributed by atoms with Crippen molar-refractivity contribution in [2.45, 2.75) is 0 Å². The van der Waals surface area contributed by atoms with E-state index in [2.05, 4.69) is 15.1 Å². The number of carbonyl (C=O) groups is 1. The van der Waals surface area contributed by atoms with Crippen LogP contribution in [0, 0.1) is 0 Å². The number of benzene rings is 1. The van der Waals surface area contributed by atoms with E-state index < -0.39 is 5.97 Å². The molecule has 88 valence electrons. The molecule has 0 aliphatic heterocycles. The molecule has 0 saturated carbocycles. The van der Waals surface area contributed by atoms with Crippen LogP contribution in [-0.4, -0.2) is 30.8 Å². The van der Waals surface area contributed by atoms with E-state index in [9.17, 15) is 4.79 Å². The predicted molar refractivity (Wildman–Crippen MR) is 63.6 cm³/mol. The Kier molecular flexibility index (Phi) is 2.26. The van der Waals surface area contributed by atoms with E-state index in [0.29, 0.717) is 11.3 Å². The highest BCUT2D eigenvalue weighted by Crippen LogP contribution is 2.18. The van der Waals surface area contributed by atoms with Gasteiger partial charge < -0.3 is 5.11 Å². The Balaban J connectivity index is 2.37. The number of hydrogen-bond donors (Lipinski definition) is 1. The van der Waals surface area contributed by atoms with Crippen LogP contribution in [0.25, 0.3) is 16.7 Å². The Morgan fingerprint density at radius 1 is 1.17 bits per heavy atom. The van der Waals surface area contributed by atoms with Crippen LogP contribution in [0.2, 0.25) is 0 Å². The fourth-order valence-electron chi connectivity index (χ4n) is 1.72. The quantitative estimate of drug-likeness (QED) is 0.734. The lowest BCUT2D eigenvalue weighted by Gasteiger charge is -2.06. The monoisotopic (exact) mass is 240 g/mol. The minimum absolute atomic E-state index is 0.237. The van der Waals surface area contributed by atoms with Gasteiger partial charge in [0.25, 0.3) is 0 Å². The summed E-state index contributed by atoms with van der Waals surface area (Å²) in [7, 11) is 0. The number of para-hydroxylation sites is 1. The summed E-state index contributed by atoms with van der Waals surface area (Å²) in [6, 6.07) is 8.97. The van der Waals surface area contributed by atoms with E-state index in [1.54, 1.807) is 30.6 Å². The van der Waals surface area contributed by atoms with Gasteiger partial charge in [0.15, 0.2) is 5.82 Å². The number of rotatable bonds is 2. The van der Waals surface area contributed by atoms with Crippen molar-refractivity contribution in [2.24, 2.45) is 0 Å². The summed E-state index contributed by atoms with van der Waals surface area (Å²) >= 11 is 0. The fourth-order valence-corrected chi connectivity index (χ4v) is 1.72. The smallest absolute Gasteiger partial charge is 0.374 e. The summed E-state index contributed by atoms with van der Waals surface area (Å²) < 4.78 is 1.52. The maximum absolute atomic E-state index is 11.0. The number of carboxylic acids is 1. The van der Waals surface area contributed by atoms with Gasteiger partial charge in [-0.2, -0.15) is 5.10 Å². The highest BCUT2D eigenvalue weighted by molar-refractivity contribution is 5.90. The summed E-state index contributed by atoms with van der Waals surface area (Å²) in [5.74, 6) is -0.934. The van der Waals surface area contributed by atoms with Gasteiger partial charge in [0, 0.05) is 17.8 Å². The Hall–Kier alpha value is -2.76. The summed E-state index contributed by atoms with van der Waals surface area (Å²) in [6.07, 6.45) is 3.32. The highest BCUT2D eigenvalue weighted by Gasteiger charge is 2.13. The SMILES string of the molecule is O=C(O)c1nc(-n2cccn2)c2ccccc2n1. The van der Waals surface area contributed by atoms with Crippen LogP contribution < -0.4 is 0 Å². The fraction of sp³-hybridized carbons (Fsp3) is 0. The zero-order chi connectivity index (χ0) is 12.5. The largest absolute Gasteiger partial charge is 0.475 e. The maximum atomic E-state index is 11.0. The van der Waals surface area contributed by atoms with E-state index in [1.165, 1.54) is 4.68 Å². The van der Waals surface area contributed by atoms with E-state index in [0.717, 1.165) is 5.39 Å². The topological polar surface area (TPSA) is 80.9 Å². The third-order valence-electron chi connectivity index (χ3n) is 2.50. The normalized spacial score (nSPS) is 10.7. The van der Waals surface area contributed by atoms with Crippen molar-refractivity contribution < 1.29 is 9.90 Å². The van der Waals surface area contributed by atoms with E-state index >= 15 is 0 Å². The van der Waals surface area contributed by atoms with Gasteiger partial charge in [0.2, 0.25) is 5.82 Å². The molecule has 3 rings (SSSR count). The summed E-state index contributed by atoms with van der Waals surface area (Å²) in [6.45, 7) is 0. The Bertz CT molecular complexity index is 722. The number of aromatic carboxylic acids is 1. The molecule has 3 aromatic rings. The first-order chi connectivity index (χ1) is 8.75. The molecule has 1 aromatic carbocycles. The predicted octanol–water partition coefficient (Wildman–Crippen LogP) is 1.51. The molecule has 0 amide bonds. The lowest BCUT2D eigenvalue weighted by Crippen LogP contribution is -2.09. The highest BCUT2D eigenvalue weighted by atomic mass is 16.4. The maximum Gasteiger partial charge on any atom is 0.374 e. The molecule has 2 aromatic heterocycles. The molecule has 0 aliphatic rings. The van der Waals surface area contributed by atoms with Crippen molar-refractivity contribution in [3.8, 4) is 5.82 Å². The van der Waals surface area contributed by atoms with Gasteiger partial charge in [0.05, 0.1) is 5.52 Å². The number of carboxylic acid groups (broad SMARTS) is 1. The standard InChI is InChI=1S/C12H8N4O2/c17-12(18)10-14-9-5-2-1-4-8(9)11(15-10)16-7-3-6-13-16/h1-7H,(H,17,18). The second-order valence-electron chi connectivity index (χ2n) is 3.64. The summed E-state index contributed by atoms with van der Waals surface area (Å²) in [5.41, 5.74) is 0.579. The van der Waals surface area contributed by atoms with Crippen molar-refractivity contribution in [3.63, 3.8) is 0 Å². The first-order valence-electron chi connectivity index (χ1n) is 5.26. The first kappa shape index (κ1) is 10.4. The Morgan fingerprint density at radius 2 is 2.00 bits per heavy atom. The minimum atomic E-state index is -1.16. The second-order valence-corrected chi connectivity index (χ2v) is 3.64. The summed E-state index contributed by atoms with van der Waals surface area (Å²) in [5, 5.41) is 13.8. The number of hydrogen-bond acceptors (Lipinski definition) is 4. The number of aromatic nitrogens is 4. The Labute approximate surface area is 102 Å². The zero-order valence-corrected chi connectivity index (χ0v) is 9.19. The van der Waals surface area contributed by atoms with Crippen molar-refractivity contribution in [2.75, 3.05) is 0 Å². The van der Waals surface area contributed by atoms with Gasteiger partial charge in [-0.3, -0.25) is 0 Å². The zero-order valence-electron chi connectivity index (χ0n) is 9.19. The number of nitrogens with zero attached hydrogens (tertiary/aromatic N) is 4. The van der Waals surface area contributed by atoms with Gasteiger partial charge in [-0.25, -0.2) is 19.4 Å². The van der Waals surface area contributed by atoms with Crippen LogP contribution in [0.1, 0.15) is 10.6 Å². The van der Waals surface area contributed by atoms with Crippen molar-refractivity contribution in [1.82, 2.24) is 19.7 Å². The van der Waals surface area contributed by atoms with Gasteiger partial charge in [0.1, 0.15) is 0 Å². The molecule has 0 bridgehead atoms. The molecule has 0 spiro atoms. The van der Waals surface area contributed by atoms with Gasteiger partial charge in [-0.15, -0.1) is 0 Å². The van der Waals surface area contributed by atoms with E-state index in [4.69, 9.17) is 5.11 Å². The van der Waals surface area contributed by atoms with Gasteiger partial charge >= 0.3 is 5.97 Å². The average molecular weight is 240 g/mol. The summed E-state index contributed by atoms with van der Waals surface area (Å²) in [4.78, 5) is 19.0. The molecule has 2 heterocycles. The van der Waals surface area contributed by atoms with Gasteiger partial charge in [-0.05, 0) is 18.2 Å². The van der Waals surface area contributed by atoms with Crippen LogP contribution in [0.5, 0.6) is 0 Å². The molecule has 0 fully saturated rings. The third-order valence-corrected chi connectivity index (χ3v) is 2.50. The molecule has 0 saturated heterocycles. The van der Waals surface area contributed by atoms with Crippen LogP contribution in [-0.2, 0) is 0 Å². The lowest BCUT2D eigenvalue weighted by atomic mass is 10.2.